The maximum Gasteiger partial charge on any atom is 0.225 e. The van der Waals surface area contributed by atoms with E-state index >= 15 is 0 Å². The molecule has 3 aromatic rings. The molecule has 1 amide bonds. The van der Waals surface area contributed by atoms with Crippen LogP contribution in [-0.2, 0) is 11.4 Å². The number of carbonyl (C=O) groups is 1. The Morgan fingerprint density at radius 1 is 1.10 bits per heavy atom. The lowest BCUT2D eigenvalue weighted by Crippen LogP contribution is -2.29. The van der Waals surface area contributed by atoms with Crippen LogP contribution in [0, 0.1) is 11.7 Å². The van der Waals surface area contributed by atoms with Gasteiger partial charge < -0.3 is 10.5 Å². The molecular formula is C24H25FN2O2. The molecule has 0 bridgehead atoms. The van der Waals surface area contributed by atoms with Gasteiger partial charge in [0.1, 0.15) is 18.2 Å². The van der Waals surface area contributed by atoms with E-state index in [4.69, 9.17) is 10.5 Å². The Morgan fingerprint density at radius 3 is 2.69 bits per heavy atom. The molecule has 1 fully saturated rings. The molecule has 1 aromatic heterocycles. The zero-order chi connectivity index (χ0) is 20.2. The molecule has 1 unspecified atom stereocenters. The predicted molar refractivity (Wildman–Crippen MR) is 111 cm³/mol. The summed E-state index contributed by atoms with van der Waals surface area (Å²) in [5.41, 5.74) is 7.99. The van der Waals surface area contributed by atoms with Crippen molar-refractivity contribution >= 4 is 16.8 Å². The highest BCUT2D eigenvalue weighted by Gasteiger charge is 2.29. The lowest BCUT2D eigenvalue weighted by molar-refractivity contribution is -0.120. The highest BCUT2D eigenvalue weighted by molar-refractivity contribution is 5.82. The third kappa shape index (κ3) is 4.56. The van der Waals surface area contributed by atoms with Crippen molar-refractivity contribution in [2.24, 2.45) is 11.7 Å². The fraction of sp³-hybridized carbons (Fsp3) is 0.333. The zero-order valence-electron chi connectivity index (χ0n) is 16.3. The maximum atomic E-state index is 13.4. The number of carbonyl (C=O) groups excluding carboxylic acids is 1. The lowest BCUT2D eigenvalue weighted by atomic mass is 9.76. The highest BCUT2D eigenvalue weighted by Crippen LogP contribution is 2.37. The normalized spacial score (nSPS) is 15.9. The van der Waals surface area contributed by atoms with Crippen LogP contribution >= 0.6 is 0 Å². The highest BCUT2D eigenvalue weighted by atomic mass is 19.1. The number of fused-ring (bicyclic) bond motifs is 1. The molecule has 1 aliphatic carbocycles. The molecule has 0 spiro atoms. The summed E-state index contributed by atoms with van der Waals surface area (Å²) in [6.45, 7) is 0.264. The summed E-state index contributed by atoms with van der Waals surface area (Å²) in [4.78, 5) is 16.7. The first-order chi connectivity index (χ1) is 14.1. The van der Waals surface area contributed by atoms with Crippen LogP contribution in [0.1, 0.15) is 49.3 Å². The van der Waals surface area contributed by atoms with E-state index in [2.05, 4.69) is 4.98 Å². The molecular weight excluding hydrogens is 367 g/mol. The largest absolute Gasteiger partial charge is 0.487 e. The molecule has 0 aliphatic heterocycles. The number of nitrogens with zero attached hydrogens (tertiary/aromatic N) is 1. The van der Waals surface area contributed by atoms with E-state index in [0.29, 0.717) is 22.9 Å². The number of pyridine rings is 1. The summed E-state index contributed by atoms with van der Waals surface area (Å²) >= 11 is 0. The van der Waals surface area contributed by atoms with Crippen molar-refractivity contribution in [3.8, 4) is 5.75 Å². The summed E-state index contributed by atoms with van der Waals surface area (Å²) in [7, 11) is 0. The van der Waals surface area contributed by atoms with Crippen molar-refractivity contribution < 1.29 is 13.9 Å². The smallest absolute Gasteiger partial charge is 0.225 e. The molecule has 1 aliphatic rings. The van der Waals surface area contributed by atoms with Crippen molar-refractivity contribution in [3.05, 3.63) is 71.7 Å². The van der Waals surface area contributed by atoms with Crippen LogP contribution in [0.25, 0.3) is 10.9 Å². The first-order valence-electron chi connectivity index (χ1n) is 10.2. The van der Waals surface area contributed by atoms with Gasteiger partial charge in [-0.25, -0.2) is 9.37 Å². The number of amides is 1. The maximum absolute atomic E-state index is 13.4. The lowest BCUT2D eigenvalue weighted by Gasteiger charge is -2.28. The molecule has 2 N–H and O–H groups in total. The first kappa shape index (κ1) is 19.4. The Morgan fingerprint density at radius 2 is 1.90 bits per heavy atom. The van der Waals surface area contributed by atoms with Gasteiger partial charge in [0.2, 0.25) is 5.91 Å². The van der Waals surface area contributed by atoms with Gasteiger partial charge in [-0.15, -0.1) is 0 Å². The monoisotopic (exact) mass is 392 g/mol. The van der Waals surface area contributed by atoms with E-state index in [-0.39, 0.29) is 24.2 Å². The second-order valence-corrected chi connectivity index (χ2v) is 7.78. The first-order valence-corrected chi connectivity index (χ1v) is 10.2. The van der Waals surface area contributed by atoms with Crippen molar-refractivity contribution in [2.75, 3.05) is 0 Å². The van der Waals surface area contributed by atoms with E-state index in [9.17, 15) is 9.18 Å². The fourth-order valence-electron chi connectivity index (χ4n) is 4.30. The number of hydrogen-bond donors (Lipinski definition) is 1. The zero-order valence-corrected chi connectivity index (χ0v) is 16.3. The number of hydrogen-bond acceptors (Lipinski definition) is 3. The Hall–Kier alpha value is -2.95. The van der Waals surface area contributed by atoms with E-state index in [1.54, 1.807) is 6.07 Å². The quantitative estimate of drug-likeness (QED) is 0.634. The van der Waals surface area contributed by atoms with Crippen LogP contribution in [0.5, 0.6) is 5.75 Å². The van der Waals surface area contributed by atoms with Gasteiger partial charge in [-0.3, -0.25) is 4.79 Å². The number of primary amides is 1. The third-order valence-electron chi connectivity index (χ3n) is 5.74. The third-order valence-corrected chi connectivity index (χ3v) is 5.74. The second-order valence-electron chi connectivity index (χ2n) is 7.78. The predicted octanol–water partition coefficient (Wildman–Crippen LogP) is 5.10. The summed E-state index contributed by atoms with van der Waals surface area (Å²) in [6.07, 6.45) is 5.61. The Kier molecular flexibility index (Phi) is 5.74. The van der Waals surface area contributed by atoms with Gasteiger partial charge in [-0.1, -0.05) is 37.5 Å². The van der Waals surface area contributed by atoms with Gasteiger partial charge in [0.25, 0.3) is 0 Å². The minimum absolute atomic E-state index is 0.264. The summed E-state index contributed by atoms with van der Waals surface area (Å²) in [6, 6.07) is 15.9. The topological polar surface area (TPSA) is 65.2 Å². The van der Waals surface area contributed by atoms with Gasteiger partial charge in [0.15, 0.2) is 0 Å². The fourth-order valence-corrected chi connectivity index (χ4v) is 4.30. The summed E-state index contributed by atoms with van der Waals surface area (Å²) in [5.74, 6) is 0.114. The number of benzene rings is 2. The Bertz CT molecular complexity index is 1010. The van der Waals surface area contributed by atoms with Crippen LogP contribution in [0.2, 0.25) is 0 Å². The van der Waals surface area contributed by atoms with Gasteiger partial charge in [0, 0.05) is 11.5 Å². The molecule has 0 saturated heterocycles. The summed E-state index contributed by atoms with van der Waals surface area (Å²) < 4.78 is 19.4. The van der Waals surface area contributed by atoms with Crippen molar-refractivity contribution in [3.63, 3.8) is 0 Å². The number of aromatic nitrogens is 1. The van der Waals surface area contributed by atoms with E-state index < -0.39 is 0 Å². The molecule has 1 atom stereocenters. The SMILES string of the molecule is NC(=O)C(c1cccc(OCc2ccc3ccc(F)cc3n2)c1)C1CCCCC1. The number of nitrogens with two attached hydrogens (primary N) is 1. The van der Waals surface area contributed by atoms with Gasteiger partial charge >= 0.3 is 0 Å². The van der Waals surface area contributed by atoms with Crippen molar-refractivity contribution in [1.29, 1.82) is 0 Å². The van der Waals surface area contributed by atoms with Gasteiger partial charge in [-0.2, -0.15) is 0 Å². The molecule has 29 heavy (non-hydrogen) atoms. The number of ether oxygens (including phenoxy) is 1. The van der Waals surface area contributed by atoms with Crippen LogP contribution in [-0.4, -0.2) is 10.9 Å². The average molecular weight is 392 g/mol. The molecule has 0 radical (unpaired) electrons. The minimum Gasteiger partial charge on any atom is -0.487 e. The van der Waals surface area contributed by atoms with Crippen LogP contribution < -0.4 is 10.5 Å². The standard InChI is InChI=1S/C24H25FN2O2/c25-19-11-9-16-10-12-20(27-22(16)14-19)15-29-21-8-4-7-18(13-21)23(24(26)28)17-5-2-1-3-6-17/h4,7-14,17,23H,1-3,5-6,15H2,(H2,26,28). The molecule has 4 nitrogen and oxygen atoms in total. The van der Waals surface area contributed by atoms with E-state index in [1.807, 2.05) is 36.4 Å². The van der Waals surface area contributed by atoms with Crippen LogP contribution in [0.4, 0.5) is 4.39 Å². The molecule has 4 rings (SSSR count). The Labute approximate surface area is 169 Å². The number of halogens is 1. The number of rotatable bonds is 6. The van der Waals surface area contributed by atoms with Crippen LogP contribution in [0.3, 0.4) is 0 Å². The minimum atomic E-state index is -0.309. The average Bonchev–Trinajstić information content (AvgIpc) is 2.73. The van der Waals surface area contributed by atoms with Gasteiger partial charge in [0.05, 0.1) is 17.1 Å². The molecule has 2 aromatic carbocycles. The molecule has 1 heterocycles. The second kappa shape index (κ2) is 8.60. The molecule has 150 valence electrons. The Balaban J connectivity index is 1.50. The van der Waals surface area contributed by atoms with E-state index in [1.165, 1.54) is 18.6 Å². The molecule has 1 saturated carbocycles. The van der Waals surface area contributed by atoms with Crippen molar-refractivity contribution in [1.82, 2.24) is 4.98 Å². The van der Waals surface area contributed by atoms with Crippen LogP contribution in [0.15, 0.2) is 54.6 Å². The van der Waals surface area contributed by atoms with Crippen molar-refractivity contribution in [2.45, 2.75) is 44.6 Å². The summed E-state index contributed by atoms with van der Waals surface area (Å²) in [5, 5.41) is 0.883. The van der Waals surface area contributed by atoms with Gasteiger partial charge in [-0.05, 0) is 54.7 Å². The van der Waals surface area contributed by atoms with E-state index in [0.717, 1.165) is 36.6 Å². The molecule has 5 heteroatoms.